The number of aromatic nitrogens is 2. The molecule has 6 heteroatoms. The van der Waals surface area contributed by atoms with E-state index in [9.17, 15) is 4.79 Å². The fourth-order valence-corrected chi connectivity index (χ4v) is 4.19. The van der Waals surface area contributed by atoms with Crippen LogP contribution in [0.5, 0.6) is 11.5 Å². The zero-order valence-electron chi connectivity index (χ0n) is 18.1. The summed E-state index contributed by atoms with van der Waals surface area (Å²) in [5.74, 6) is 1.53. The fraction of sp³-hybridized carbons (Fsp3) is 0.308. The number of nitrogens with zero attached hydrogens (tertiary/aromatic N) is 3. The number of fused-ring (bicyclic) bond motifs is 1. The molecule has 6 nitrogen and oxygen atoms in total. The maximum absolute atomic E-state index is 12.8. The zero-order valence-corrected chi connectivity index (χ0v) is 18.1. The molecule has 1 fully saturated rings. The normalized spacial score (nSPS) is 16.2. The predicted molar refractivity (Wildman–Crippen MR) is 124 cm³/mol. The summed E-state index contributed by atoms with van der Waals surface area (Å²) in [7, 11) is 0. The van der Waals surface area contributed by atoms with Gasteiger partial charge >= 0.3 is 0 Å². The second kappa shape index (κ2) is 9.30. The van der Waals surface area contributed by atoms with Gasteiger partial charge in [-0.05, 0) is 49.2 Å². The largest absolute Gasteiger partial charge is 0.486 e. The van der Waals surface area contributed by atoms with Crippen LogP contribution in [0, 0.1) is 0 Å². The Morgan fingerprint density at radius 2 is 1.66 bits per heavy atom. The minimum Gasteiger partial charge on any atom is -0.486 e. The first-order chi connectivity index (χ1) is 15.8. The Kier molecular flexibility index (Phi) is 5.92. The van der Waals surface area contributed by atoms with E-state index in [0.29, 0.717) is 13.2 Å². The highest BCUT2D eigenvalue weighted by molar-refractivity contribution is 5.93. The Balaban J connectivity index is 1.49. The number of carbonyl (C=O) groups is 1. The van der Waals surface area contributed by atoms with Crippen LogP contribution >= 0.6 is 0 Å². The van der Waals surface area contributed by atoms with Crippen LogP contribution in [-0.2, 0) is 4.79 Å². The Morgan fingerprint density at radius 3 is 2.44 bits per heavy atom. The van der Waals surface area contributed by atoms with Gasteiger partial charge in [-0.2, -0.15) is 5.10 Å². The summed E-state index contributed by atoms with van der Waals surface area (Å²) in [6.45, 7) is 2.76. The van der Waals surface area contributed by atoms with Crippen molar-refractivity contribution in [3.05, 3.63) is 66.4 Å². The molecule has 1 amide bonds. The molecule has 0 aliphatic carbocycles. The Labute approximate surface area is 188 Å². The number of hydrogen-bond acceptors (Lipinski definition) is 4. The topological polar surface area (TPSA) is 56.6 Å². The first-order valence-electron chi connectivity index (χ1n) is 11.3. The molecule has 0 saturated carbocycles. The molecule has 0 bridgehead atoms. The summed E-state index contributed by atoms with van der Waals surface area (Å²) in [4.78, 5) is 14.8. The van der Waals surface area contributed by atoms with Crippen molar-refractivity contribution in [1.29, 1.82) is 0 Å². The number of benzene rings is 2. The number of para-hydroxylation sites is 1. The van der Waals surface area contributed by atoms with E-state index in [1.807, 2.05) is 70.4 Å². The van der Waals surface area contributed by atoms with Crippen LogP contribution in [0.4, 0.5) is 0 Å². The van der Waals surface area contributed by atoms with Crippen LogP contribution in [0.2, 0.25) is 0 Å². The van der Waals surface area contributed by atoms with Crippen LogP contribution in [0.15, 0.2) is 60.8 Å². The summed E-state index contributed by atoms with van der Waals surface area (Å²) in [6, 6.07) is 15.8. The molecule has 0 N–H and O–H groups in total. The highest BCUT2D eigenvalue weighted by Gasteiger charge is 2.17. The van der Waals surface area contributed by atoms with Gasteiger partial charge in [-0.1, -0.05) is 31.0 Å². The first-order valence-corrected chi connectivity index (χ1v) is 11.3. The second-order valence-corrected chi connectivity index (χ2v) is 8.14. The number of rotatable bonds is 4. The van der Waals surface area contributed by atoms with Gasteiger partial charge in [-0.15, -0.1) is 0 Å². The van der Waals surface area contributed by atoms with Crippen LogP contribution in [0.1, 0.15) is 31.2 Å². The highest BCUT2D eigenvalue weighted by Crippen LogP contribution is 2.35. The summed E-state index contributed by atoms with van der Waals surface area (Å²) in [5.41, 5.74) is 3.56. The van der Waals surface area contributed by atoms with Gasteiger partial charge < -0.3 is 14.4 Å². The van der Waals surface area contributed by atoms with E-state index in [1.54, 1.807) is 6.08 Å². The maximum atomic E-state index is 12.8. The lowest BCUT2D eigenvalue weighted by atomic mass is 10.1. The van der Waals surface area contributed by atoms with E-state index in [-0.39, 0.29) is 5.91 Å². The Hall–Kier alpha value is -3.54. The van der Waals surface area contributed by atoms with Gasteiger partial charge in [0.2, 0.25) is 5.91 Å². The third-order valence-electron chi connectivity index (χ3n) is 5.90. The maximum Gasteiger partial charge on any atom is 0.246 e. The van der Waals surface area contributed by atoms with Gasteiger partial charge in [0.05, 0.1) is 5.69 Å². The van der Waals surface area contributed by atoms with Gasteiger partial charge in [0, 0.05) is 36.5 Å². The second-order valence-electron chi connectivity index (χ2n) is 8.14. The lowest BCUT2D eigenvalue weighted by Gasteiger charge is -2.18. The van der Waals surface area contributed by atoms with Gasteiger partial charge in [0.1, 0.15) is 18.9 Å². The molecule has 2 aliphatic heterocycles. The van der Waals surface area contributed by atoms with Crippen molar-refractivity contribution in [2.24, 2.45) is 0 Å². The van der Waals surface area contributed by atoms with Gasteiger partial charge in [-0.3, -0.25) is 4.79 Å². The molecule has 2 aliphatic rings. The van der Waals surface area contributed by atoms with Crippen molar-refractivity contribution in [2.75, 3.05) is 26.3 Å². The molecule has 0 unspecified atom stereocenters. The van der Waals surface area contributed by atoms with Crippen molar-refractivity contribution < 1.29 is 14.3 Å². The van der Waals surface area contributed by atoms with Crippen LogP contribution < -0.4 is 9.47 Å². The monoisotopic (exact) mass is 429 g/mol. The average molecular weight is 430 g/mol. The standard InChI is InChI=1S/C26H27N3O3/c30-25(28-14-6-1-2-7-15-28)13-11-21-19-29(22-8-4-3-5-9-22)27-26(21)20-10-12-23-24(18-20)32-17-16-31-23/h3-5,8-13,18-19H,1-2,6-7,14-17H2. The molecule has 32 heavy (non-hydrogen) atoms. The smallest absolute Gasteiger partial charge is 0.246 e. The first kappa shape index (κ1) is 20.4. The van der Waals surface area contributed by atoms with Crippen LogP contribution in [0.25, 0.3) is 23.0 Å². The molecule has 2 aromatic carbocycles. The average Bonchev–Trinajstić information content (AvgIpc) is 3.08. The molecule has 3 heterocycles. The number of amides is 1. The Morgan fingerprint density at radius 1 is 0.906 bits per heavy atom. The predicted octanol–water partition coefficient (Wildman–Crippen LogP) is 4.73. The van der Waals surface area contributed by atoms with Crippen molar-refractivity contribution in [2.45, 2.75) is 25.7 Å². The molecule has 1 aromatic heterocycles. The molecule has 5 rings (SSSR count). The van der Waals surface area contributed by atoms with Crippen LogP contribution in [-0.4, -0.2) is 46.9 Å². The number of hydrogen-bond donors (Lipinski definition) is 0. The van der Waals surface area contributed by atoms with Gasteiger partial charge in [0.25, 0.3) is 0 Å². The SMILES string of the molecule is O=C(C=Cc1cn(-c2ccccc2)nc1-c1ccc2c(c1)OCCO2)N1CCCCCC1. The van der Waals surface area contributed by atoms with Crippen molar-refractivity contribution in [3.63, 3.8) is 0 Å². The molecule has 3 aromatic rings. The van der Waals surface area contributed by atoms with E-state index < -0.39 is 0 Å². The van der Waals surface area contributed by atoms with Crippen molar-refractivity contribution >= 4 is 12.0 Å². The number of ether oxygens (including phenoxy) is 2. The quantitative estimate of drug-likeness (QED) is 0.563. The minimum atomic E-state index is 0.0625. The Bertz CT molecular complexity index is 1110. The molecular weight excluding hydrogens is 402 g/mol. The van der Waals surface area contributed by atoms with E-state index in [4.69, 9.17) is 14.6 Å². The number of likely N-dealkylation sites (tertiary alicyclic amines) is 1. The number of carbonyl (C=O) groups excluding carboxylic acids is 1. The van der Waals surface area contributed by atoms with E-state index in [1.165, 1.54) is 12.8 Å². The van der Waals surface area contributed by atoms with Crippen LogP contribution in [0.3, 0.4) is 0 Å². The molecule has 0 spiro atoms. The van der Waals surface area contributed by atoms with E-state index >= 15 is 0 Å². The fourth-order valence-electron chi connectivity index (χ4n) is 4.19. The third-order valence-corrected chi connectivity index (χ3v) is 5.90. The summed E-state index contributed by atoms with van der Waals surface area (Å²) < 4.78 is 13.3. The van der Waals surface area contributed by atoms with Gasteiger partial charge in [0.15, 0.2) is 11.5 Å². The van der Waals surface area contributed by atoms with Crippen molar-refractivity contribution in [3.8, 4) is 28.4 Å². The minimum absolute atomic E-state index is 0.0625. The summed E-state index contributed by atoms with van der Waals surface area (Å²) in [6.07, 6.45) is 10.1. The molecule has 164 valence electrons. The summed E-state index contributed by atoms with van der Waals surface area (Å²) >= 11 is 0. The summed E-state index contributed by atoms with van der Waals surface area (Å²) in [5, 5.41) is 4.85. The van der Waals surface area contributed by atoms with E-state index in [0.717, 1.165) is 59.9 Å². The lowest BCUT2D eigenvalue weighted by Crippen LogP contribution is -2.30. The molecular formula is C26H27N3O3. The lowest BCUT2D eigenvalue weighted by molar-refractivity contribution is -0.125. The zero-order chi connectivity index (χ0) is 21.8. The molecule has 1 saturated heterocycles. The highest BCUT2D eigenvalue weighted by atomic mass is 16.6. The van der Waals surface area contributed by atoms with Gasteiger partial charge in [-0.25, -0.2) is 4.68 Å². The molecule has 0 atom stereocenters. The van der Waals surface area contributed by atoms with E-state index in [2.05, 4.69) is 0 Å². The molecule has 0 radical (unpaired) electrons. The third kappa shape index (κ3) is 4.40. The van der Waals surface area contributed by atoms with Crippen molar-refractivity contribution in [1.82, 2.24) is 14.7 Å².